The van der Waals surface area contributed by atoms with Crippen LogP contribution < -0.4 is 0 Å². The second-order valence-corrected chi connectivity index (χ2v) is 9.51. The van der Waals surface area contributed by atoms with Crippen molar-refractivity contribution >= 4 is 23.8 Å². The highest BCUT2D eigenvalue weighted by molar-refractivity contribution is 5.87. The SMILES string of the molecule is Oc1ccc(Cc2ccc(O)c(C=Nc3ccc(N=Cc4cc(Cc5ccc(O)cc5)ccc4O)cc3)c2)cc1. The summed E-state index contributed by atoms with van der Waals surface area (Å²) in [4.78, 5) is 9.00. The van der Waals surface area contributed by atoms with E-state index in [0.717, 1.165) is 22.3 Å². The lowest BCUT2D eigenvalue weighted by Gasteiger charge is -2.06. The standard InChI is InChI=1S/C34H28N2O4/c37-31-11-1-23(2-12-31)17-25-5-15-33(39)27(19-25)21-35-29-7-9-30(10-8-29)36-22-28-20-26(6-16-34(28)40)18-24-3-13-32(38)14-4-24/h1-16,19-22,37-40H,17-18H2. The number of aliphatic imine (C=N–C) groups is 2. The van der Waals surface area contributed by atoms with Crippen molar-refractivity contribution in [3.8, 4) is 23.0 Å². The normalized spacial score (nSPS) is 11.4. The lowest BCUT2D eigenvalue weighted by atomic mass is 10.0. The molecule has 40 heavy (non-hydrogen) atoms. The summed E-state index contributed by atoms with van der Waals surface area (Å²) in [7, 11) is 0. The van der Waals surface area contributed by atoms with Gasteiger partial charge in [0.2, 0.25) is 0 Å². The highest BCUT2D eigenvalue weighted by Gasteiger charge is 2.05. The molecule has 0 aliphatic rings. The smallest absolute Gasteiger partial charge is 0.124 e. The van der Waals surface area contributed by atoms with Gasteiger partial charge in [-0.2, -0.15) is 0 Å². The van der Waals surface area contributed by atoms with Crippen molar-refractivity contribution in [2.24, 2.45) is 9.98 Å². The lowest BCUT2D eigenvalue weighted by Crippen LogP contribution is -1.91. The number of nitrogens with zero attached hydrogens (tertiary/aromatic N) is 2. The van der Waals surface area contributed by atoms with Gasteiger partial charge in [-0.15, -0.1) is 0 Å². The Morgan fingerprint density at radius 2 is 0.775 bits per heavy atom. The molecule has 0 unspecified atom stereocenters. The number of phenolic OH excluding ortho intramolecular Hbond substituents is 4. The largest absolute Gasteiger partial charge is 0.508 e. The zero-order valence-electron chi connectivity index (χ0n) is 21.6. The van der Waals surface area contributed by atoms with Gasteiger partial charge in [-0.1, -0.05) is 36.4 Å². The average molecular weight is 529 g/mol. The van der Waals surface area contributed by atoms with Gasteiger partial charge in [0, 0.05) is 23.6 Å². The first kappa shape index (κ1) is 26.3. The Labute approximate surface area is 232 Å². The second kappa shape index (κ2) is 12.0. The number of hydrogen-bond acceptors (Lipinski definition) is 6. The Bertz CT molecular complexity index is 1530. The Morgan fingerprint density at radius 3 is 1.15 bits per heavy atom. The van der Waals surface area contributed by atoms with E-state index >= 15 is 0 Å². The third kappa shape index (κ3) is 6.94. The van der Waals surface area contributed by atoms with Crippen LogP contribution in [0.2, 0.25) is 0 Å². The minimum absolute atomic E-state index is 0.145. The summed E-state index contributed by atoms with van der Waals surface area (Å²) in [5.41, 5.74) is 6.79. The molecule has 0 fully saturated rings. The van der Waals surface area contributed by atoms with Gasteiger partial charge in [-0.05, 0) is 108 Å². The molecule has 6 nitrogen and oxygen atoms in total. The summed E-state index contributed by atoms with van der Waals surface area (Å²) < 4.78 is 0. The van der Waals surface area contributed by atoms with Crippen molar-refractivity contribution in [1.82, 2.24) is 0 Å². The van der Waals surface area contributed by atoms with Crippen LogP contribution in [-0.2, 0) is 12.8 Å². The number of hydrogen-bond donors (Lipinski definition) is 4. The maximum atomic E-state index is 10.3. The van der Waals surface area contributed by atoms with Crippen LogP contribution in [0.1, 0.15) is 33.4 Å². The van der Waals surface area contributed by atoms with E-state index in [9.17, 15) is 20.4 Å². The van der Waals surface area contributed by atoms with Crippen LogP contribution in [-0.4, -0.2) is 32.9 Å². The molecule has 4 N–H and O–H groups in total. The van der Waals surface area contributed by atoms with Gasteiger partial charge >= 0.3 is 0 Å². The molecule has 5 aromatic rings. The van der Waals surface area contributed by atoms with Crippen LogP contribution in [0.4, 0.5) is 11.4 Å². The van der Waals surface area contributed by atoms with Crippen LogP contribution in [0.3, 0.4) is 0 Å². The molecule has 0 atom stereocenters. The fraction of sp³-hybridized carbons (Fsp3) is 0.0588. The predicted molar refractivity (Wildman–Crippen MR) is 159 cm³/mol. The zero-order chi connectivity index (χ0) is 27.9. The maximum Gasteiger partial charge on any atom is 0.124 e. The predicted octanol–water partition coefficient (Wildman–Crippen LogP) is 7.19. The summed E-state index contributed by atoms with van der Waals surface area (Å²) in [5, 5.41) is 39.6. The highest BCUT2D eigenvalue weighted by Crippen LogP contribution is 2.24. The van der Waals surface area contributed by atoms with Gasteiger partial charge in [0.15, 0.2) is 0 Å². The number of rotatable bonds is 8. The first-order chi connectivity index (χ1) is 19.4. The van der Waals surface area contributed by atoms with Crippen molar-refractivity contribution < 1.29 is 20.4 Å². The molecule has 0 saturated carbocycles. The Kier molecular flexibility index (Phi) is 7.88. The fourth-order valence-electron chi connectivity index (χ4n) is 4.25. The summed E-state index contributed by atoms with van der Waals surface area (Å²) in [6.45, 7) is 0. The molecule has 0 spiro atoms. The van der Waals surface area contributed by atoms with Crippen molar-refractivity contribution in [3.05, 3.63) is 143 Å². The van der Waals surface area contributed by atoms with Crippen molar-refractivity contribution in [2.75, 3.05) is 0 Å². The molecular weight excluding hydrogens is 500 g/mol. The molecule has 198 valence electrons. The van der Waals surface area contributed by atoms with Gasteiger partial charge in [0.1, 0.15) is 23.0 Å². The summed E-state index contributed by atoms with van der Waals surface area (Å²) in [6.07, 6.45) is 4.60. The zero-order valence-corrected chi connectivity index (χ0v) is 21.6. The Morgan fingerprint density at radius 1 is 0.425 bits per heavy atom. The molecule has 0 heterocycles. The van der Waals surface area contributed by atoms with Crippen LogP contribution in [0, 0.1) is 0 Å². The Balaban J connectivity index is 1.25. The fourth-order valence-corrected chi connectivity index (χ4v) is 4.25. The van der Waals surface area contributed by atoms with Crippen molar-refractivity contribution in [2.45, 2.75) is 12.8 Å². The quantitative estimate of drug-likeness (QED) is 0.160. The first-order valence-electron chi connectivity index (χ1n) is 12.8. The van der Waals surface area contributed by atoms with Gasteiger partial charge in [0.25, 0.3) is 0 Å². The van der Waals surface area contributed by atoms with E-state index in [1.165, 1.54) is 0 Å². The molecule has 0 amide bonds. The van der Waals surface area contributed by atoms with E-state index in [2.05, 4.69) is 9.98 Å². The monoisotopic (exact) mass is 528 g/mol. The minimum Gasteiger partial charge on any atom is -0.508 e. The molecule has 6 heteroatoms. The third-order valence-electron chi connectivity index (χ3n) is 6.43. The van der Waals surface area contributed by atoms with E-state index in [0.29, 0.717) is 35.3 Å². The minimum atomic E-state index is 0.145. The maximum absolute atomic E-state index is 10.3. The topological polar surface area (TPSA) is 106 Å². The molecule has 5 rings (SSSR count). The third-order valence-corrected chi connectivity index (χ3v) is 6.43. The van der Waals surface area contributed by atoms with Crippen molar-refractivity contribution in [1.29, 1.82) is 0 Å². The van der Waals surface area contributed by atoms with Crippen LogP contribution >= 0.6 is 0 Å². The first-order valence-corrected chi connectivity index (χ1v) is 12.8. The van der Waals surface area contributed by atoms with Gasteiger partial charge in [0.05, 0.1) is 11.4 Å². The Hall–Kier alpha value is -5.36. The second-order valence-electron chi connectivity index (χ2n) is 9.51. The molecule has 0 bridgehead atoms. The summed E-state index contributed by atoms with van der Waals surface area (Å²) in [5.74, 6) is 0.750. The molecule has 0 aliphatic carbocycles. The summed E-state index contributed by atoms with van der Waals surface area (Å²) >= 11 is 0. The molecule has 0 saturated heterocycles. The molecule has 5 aromatic carbocycles. The van der Waals surface area contributed by atoms with E-state index in [1.54, 1.807) is 48.8 Å². The van der Waals surface area contributed by atoms with E-state index < -0.39 is 0 Å². The highest BCUT2D eigenvalue weighted by atomic mass is 16.3. The van der Waals surface area contributed by atoms with E-state index in [-0.39, 0.29) is 23.0 Å². The average Bonchev–Trinajstić information content (AvgIpc) is 2.96. The summed E-state index contributed by atoms with van der Waals surface area (Å²) in [6, 6.07) is 32.3. The number of benzene rings is 5. The van der Waals surface area contributed by atoms with Crippen LogP contribution in [0.5, 0.6) is 23.0 Å². The number of aromatic hydroxyl groups is 4. The molecular formula is C34H28N2O4. The molecule has 0 aliphatic heterocycles. The van der Waals surface area contributed by atoms with E-state index in [1.807, 2.05) is 72.8 Å². The lowest BCUT2D eigenvalue weighted by molar-refractivity contribution is 0.473. The van der Waals surface area contributed by atoms with E-state index in [4.69, 9.17) is 0 Å². The van der Waals surface area contributed by atoms with Crippen LogP contribution in [0.15, 0.2) is 119 Å². The van der Waals surface area contributed by atoms with Gasteiger partial charge in [-0.3, -0.25) is 9.98 Å². The van der Waals surface area contributed by atoms with Crippen molar-refractivity contribution in [3.63, 3.8) is 0 Å². The van der Waals surface area contributed by atoms with Gasteiger partial charge < -0.3 is 20.4 Å². The molecule has 0 aromatic heterocycles. The number of phenols is 4. The molecule has 0 radical (unpaired) electrons. The van der Waals surface area contributed by atoms with Gasteiger partial charge in [-0.25, -0.2) is 0 Å². The van der Waals surface area contributed by atoms with Crippen LogP contribution in [0.25, 0.3) is 0 Å².